The molecule has 1 saturated carbocycles. The Balaban J connectivity index is 1.55. The lowest BCUT2D eigenvalue weighted by molar-refractivity contribution is -0.122. The zero-order valence-electron chi connectivity index (χ0n) is 27.7. The monoisotopic (exact) mass is 741 g/mol. The minimum Gasteiger partial charge on any atom is -0.382 e. The molecule has 9 nitrogen and oxygen atoms in total. The molecule has 5 N–H and O–H groups in total. The molecule has 0 bridgehead atoms. The zero-order chi connectivity index (χ0) is 37.6. The Bertz CT molecular complexity index is 2340. The number of amides is 1. The number of nitrogens with two attached hydrogens (primary N) is 2. The normalized spacial score (nSPS) is 18.5. The van der Waals surface area contributed by atoms with Gasteiger partial charge < -0.3 is 16.6 Å². The molecule has 0 spiro atoms. The lowest BCUT2D eigenvalue weighted by Crippen LogP contribution is -2.37. The van der Waals surface area contributed by atoms with E-state index in [0.717, 1.165) is 12.1 Å². The second kappa shape index (κ2) is 12.3. The first-order valence-electron chi connectivity index (χ1n) is 16.1. The van der Waals surface area contributed by atoms with Crippen molar-refractivity contribution >= 4 is 34.2 Å². The van der Waals surface area contributed by atoms with Gasteiger partial charge in [-0.25, -0.2) is 27.2 Å². The van der Waals surface area contributed by atoms with Crippen LogP contribution in [0.5, 0.6) is 0 Å². The highest BCUT2D eigenvalue weighted by Crippen LogP contribution is 2.68. The fourth-order valence-electron chi connectivity index (χ4n) is 7.34. The minimum absolute atomic E-state index is 0.0343. The molecule has 2 aliphatic carbocycles. The van der Waals surface area contributed by atoms with Crippen molar-refractivity contribution < 1.29 is 36.2 Å². The van der Waals surface area contributed by atoms with E-state index in [9.17, 15) is 27.5 Å². The fraction of sp³-hybridized carbons (Fsp3) is 0.333. The van der Waals surface area contributed by atoms with Crippen LogP contribution in [0.2, 0.25) is 5.02 Å². The zero-order valence-corrected chi connectivity index (χ0v) is 28.5. The summed E-state index contributed by atoms with van der Waals surface area (Å²) >= 11 is 6.51. The number of hydrogen-bond acceptors (Lipinski definition) is 6. The summed E-state index contributed by atoms with van der Waals surface area (Å²) in [5.74, 6) is -5.02. The number of alkyl halides is 4. The third-order valence-electron chi connectivity index (χ3n) is 9.47. The van der Waals surface area contributed by atoms with Crippen molar-refractivity contribution in [1.29, 1.82) is 0 Å². The lowest BCUT2D eigenvalue weighted by Gasteiger charge is -2.29. The summed E-state index contributed by atoms with van der Waals surface area (Å²) in [7, 11) is 1.60. The number of aliphatic hydroxyl groups is 1. The Labute approximate surface area is 297 Å². The molecule has 5 aromatic rings. The van der Waals surface area contributed by atoms with Crippen LogP contribution in [0.25, 0.3) is 22.0 Å². The van der Waals surface area contributed by atoms with Crippen molar-refractivity contribution in [3.05, 3.63) is 93.0 Å². The van der Waals surface area contributed by atoms with Gasteiger partial charge in [0.25, 0.3) is 12.3 Å². The third-order valence-corrected chi connectivity index (χ3v) is 9.78. The van der Waals surface area contributed by atoms with Crippen LogP contribution in [0.1, 0.15) is 78.5 Å². The van der Waals surface area contributed by atoms with Crippen molar-refractivity contribution in [2.45, 2.75) is 62.5 Å². The number of aryl methyl sites for hydroxylation is 1. The molecule has 1 amide bonds. The Hall–Kier alpha value is -5.07. The van der Waals surface area contributed by atoms with Gasteiger partial charge in [-0.05, 0) is 74.4 Å². The van der Waals surface area contributed by atoms with E-state index in [2.05, 4.69) is 22.0 Å². The molecule has 2 aromatic carbocycles. The average molecular weight is 742 g/mol. The number of halogens is 7. The molecule has 1 fully saturated rings. The average Bonchev–Trinajstić information content (AvgIpc) is 3.58. The lowest BCUT2D eigenvalue weighted by atomic mass is 9.84. The predicted molar refractivity (Wildman–Crippen MR) is 180 cm³/mol. The number of primary amides is 1. The van der Waals surface area contributed by atoms with Crippen molar-refractivity contribution in [3.8, 4) is 23.0 Å². The summed E-state index contributed by atoms with van der Waals surface area (Å²) in [6.07, 6.45) is -3.76. The maximum Gasteiger partial charge on any atom is 0.293 e. The number of nitrogens with zero attached hydrogens (tertiary/aromatic N) is 5. The van der Waals surface area contributed by atoms with Crippen LogP contribution in [-0.2, 0) is 24.2 Å². The van der Waals surface area contributed by atoms with Gasteiger partial charge in [0.2, 0.25) is 5.91 Å². The van der Waals surface area contributed by atoms with Crippen LogP contribution in [0, 0.1) is 29.4 Å². The number of rotatable bonds is 8. The molecule has 0 aliphatic heterocycles. The molecule has 3 heterocycles. The number of aromatic nitrogens is 5. The summed E-state index contributed by atoms with van der Waals surface area (Å²) in [6.45, 7) is 2.86. The molecule has 4 atom stereocenters. The van der Waals surface area contributed by atoms with Gasteiger partial charge in [0.1, 0.15) is 40.4 Å². The van der Waals surface area contributed by atoms with E-state index in [4.69, 9.17) is 28.1 Å². The molecule has 7 rings (SSSR count). The van der Waals surface area contributed by atoms with Crippen LogP contribution in [0.4, 0.5) is 32.2 Å². The Morgan fingerprint density at radius 3 is 2.40 bits per heavy atom. The number of pyridine rings is 1. The number of hydrogen-bond donors (Lipinski definition) is 3. The van der Waals surface area contributed by atoms with Crippen LogP contribution in [0.3, 0.4) is 0 Å². The highest BCUT2D eigenvalue weighted by Gasteiger charge is 2.67. The Kier molecular flexibility index (Phi) is 8.34. The van der Waals surface area contributed by atoms with E-state index >= 15 is 8.78 Å². The molecule has 1 unspecified atom stereocenters. The van der Waals surface area contributed by atoms with Gasteiger partial charge >= 0.3 is 0 Å². The van der Waals surface area contributed by atoms with E-state index in [0.29, 0.717) is 27.2 Å². The molecule has 3 aromatic heterocycles. The van der Waals surface area contributed by atoms with Crippen LogP contribution >= 0.6 is 11.6 Å². The van der Waals surface area contributed by atoms with Gasteiger partial charge in [-0.2, -0.15) is 19.0 Å². The largest absolute Gasteiger partial charge is 0.382 e. The van der Waals surface area contributed by atoms with E-state index in [-0.39, 0.29) is 45.3 Å². The molecule has 16 heteroatoms. The van der Waals surface area contributed by atoms with E-state index in [1.807, 2.05) is 0 Å². The van der Waals surface area contributed by atoms with Crippen molar-refractivity contribution in [3.63, 3.8) is 0 Å². The Morgan fingerprint density at radius 1 is 1.10 bits per heavy atom. The summed E-state index contributed by atoms with van der Waals surface area (Å²) in [5.41, 5.74) is 9.61. The molecule has 0 radical (unpaired) electrons. The molecule has 52 heavy (non-hydrogen) atoms. The summed E-state index contributed by atoms with van der Waals surface area (Å²) in [5, 5.41) is 19.1. The second-order valence-electron chi connectivity index (χ2n) is 13.7. The summed E-state index contributed by atoms with van der Waals surface area (Å²) < 4.78 is 92.1. The molecular weight excluding hydrogens is 712 g/mol. The van der Waals surface area contributed by atoms with Gasteiger partial charge in [0, 0.05) is 41.6 Å². The molecule has 0 saturated heterocycles. The van der Waals surface area contributed by atoms with Crippen molar-refractivity contribution in [2.75, 3.05) is 5.73 Å². The number of benzene rings is 2. The predicted octanol–water partition coefficient (Wildman–Crippen LogP) is 6.67. The molecule has 2 aliphatic rings. The summed E-state index contributed by atoms with van der Waals surface area (Å²) in [4.78, 5) is 18.4. The molecular formula is C36H30ClF6N7O2. The molecule has 270 valence electrons. The number of carbonyl (C=O) groups is 1. The topological polar surface area (TPSA) is 138 Å². The maximum atomic E-state index is 16.0. The van der Waals surface area contributed by atoms with E-state index in [1.165, 1.54) is 30.7 Å². The summed E-state index contributed by atoms with van der Waals surface area (Å²) in [6, 6.07) is 6.84. The minimum atomic E-state index is -3.64. The van der Waals surface area contributed by atoms with Gasteiger partial charge in [0.15, 0.2) is 5.82 Å². The number of carbonyl (C=O) groups excluding carboxylic acids is 1. The number of fused-ring (bicyclic) bond motifs is 4. The fourth-order valence-corrected chi connectivity index (χ4v) is 7.59. The van der Waals surface area contributed by atoms with Gasteiger partial charge in [0.05, 0.1) is 21.6 Å². The number of nitrogen functional groups attached to an aromatic ring is 1. The third kappa shape index (κ3) is 5.93. The van der Waals surface area contributed by atoms with Crippen LogP contribution in [-0.4, -0.2) is 41.2 Å². The first-order chi connectivity index (χ1) is 24.4. The first kappa shape index (κ1) is 35.3. The quantitative estimate of drug-likeness (QED) is 0.120. The smallest absolute Gasteiger partial charge is 0.293 e. The number of anilines is 1. The van der Waals surface area contributed by atoms with E-state index < -0.39 is 77.1 Å². The first-order valence-corrected chi connectivity index (χ1v) is 16.5. The van der Waals surface area contributed by atoms with Crippen molar-refractivity contribution in [1.82, 2.24) is 24.5 Å². The van der Waals surface area contributed by atoms with Crippen LogP contribution in [0.15, 0.2) is 42.5 Å². The highest BCUT2D eigenvalue weighted by molar-refractivity contribution is 6.37. The van der Waals surface area contributed by atoms with E-state index in [1.54, 1.807) is 19.2 Å². The van der Waals surface area contributed by atoms with Gasteiger partial charge in [-0.15, -0.1) is 0 Å². The van der Waals surface area contributed by atoms with Gasteiger partial charge in [-0.3, -0.25) is 9.48 Å². The maximum absolute atomic E-state index is 16.0. The highest BCUT2D eigenvalue weighted by atomic mass is 35.5. The second-order valence-corrected chi connectivity index (χ2v) is 14.1. The van der Waals surface area contributed by atoms with Gasteiger partial charge in [-0.1, -0.05) is 23.6 Å². The van der Waals surface area contributed by atoms with Crippen LogP contribution < -0.4 is 11.5 Å². The standard InChI is InChI=1S/C36H30ClF6N7O2/c1-35(2,52)9-8-18-4-5-19(20-6-7-24(37)26-29(20)49(3)48-33(26)44)27(46-18)22(12-15-10-16(38)13-17(39)11-15)30(34(45)51)50-31-25(28(47-50)32(40)41)21-14-23(21)36(31,42)43/h4-7,10-11,13,21-23,30,32,52H,12,14H2,1-3H3,(H2,44,48)(H2,45,51)/t21-,22+,23+,30?/m0/s1. The van der Waals surface area contributed by atoms with Crippen molar-refractivity contribution in [2.24, 2.45) is 18.7 Å². The Morgan fingerprint density at radius 2 is 1.77 bits per heavy atom. The SMILES string of the molecule is Cn1nc(N)c2c(Cl)ccc(-c3ccc(C#CC(C)(C)O)nc3[C@@H](Cc3cc(F)cc(F)c3)C(C(N)=O)n3nc(C(F)F)c4c3C(F)(F)[C@@H]3C[C@H]43)c21.